The van der Waals surface area contributed by atoms with Crippen molar-refractivity contribution >= 4 is 16.8 Å². The third-order valence-corrected chi connectivity index (χ3v) is 5.37. The molecular formula is C22H24N2O2. The maximum Gasteiger partial charge on any atom is 0.256 e. The van der Waals surface area contributed by atoms with Crippen molar-refractivity contribution < 1.29 is 9.90 Å². The van der Waals surface area contributed by atoms with Crippen LogP contribution in [-0.2, 0) is 6.54 Å². The van der Waals surface area contributed by atoms with E-state index in [0.717, 1.165) is 48.9 Å². The molecule has 2 aromatic carbocycles. The first-order chi connectivity index (χ1) is 12.8. The zero-order valence-electron chi connectivity index (χ0n) is 14.8. The van der Waals surface area contributed by atoms with Crippen molar-refractivity contribution in [3.8, 4) is 0 Å². The van der Waals surface area contributed by atoms with E-state index in [2.05, 4.69) is 22.8 Å². The first-order valence-corrected chi connectivity index (χ1v) is 9.28. The summed E-state index contributed by atoms with van der Waals surface area (Å²) in [6, 6.07) is 18.4. The number of amides is 1. The van der Waals surface area contributed by atoms with E-state index in [0.29, 0.717) is 5.92 Å². The average Bonchev–Trinajstić information content (AvgIpc) is 3.07. The summed E-state index contributed by atoms with van der Waals surface area (Å²) < 4.78 is 2.17. The molecule has 1 aromatic heterocycles. The molecule has 1 N–H and O–H groups in total. The molecule has 1 saturated heterocycles. The van der Waals surface area contributed by atoms with Crippen molar-refractivity contribution in [2.45, 2.75) is 19.4 Å². The molecule has 134 valence electrons. The second-order valence-electron chi connectivity index (χ2n) is 7.09. The summed E-state index contributed by atoms with van der Waals surface area (Å²) in [4.78, 5) is 15.1. The molecule has 3 aromatic rings. The molecule has 1 amide bonds. The number of nitrogens with zero attached hydrogens (tertiary/aromatic N) is 2. The highest BCUT2D eigenvalue weighted by Crippen LogP contribution is 2.26. The normalized spacial score (nSPS) is 15.5. The second-order valence-corrected chi connectivity index (χ2v) is 7.09. The maximum atomic E-state index is 13.1. The molecule has 1 aliphatic heterocycles. The molecule has 0 aliphatic carbocycles. The monoisotopic (exact) mass is 348 g/mol. The Hall–Kier alpha value is -2.59. The van der Waals surface area contributed by atoms with Crippen molar-refractivity contribution in [3.63, 3.8) is 0 Å². The van der Waals surface area contributed by atoms with Gasteiger partial charge in [-0.2, -0.15) is 0 Å². The van der Waals surface area contributed by atoms with Crippen LogP contribution in [-0.4, -0.2) is 40.2 Å². The van der Waals surface area contributed by atoms with E-state index < -0.39 is 0 Å². The van der Waals surface area contributed by atoms with Crippen molar-refractivity contribution in [2.75, 3.05) is 19.7 Å². The quantitative estimate of drug-likeness (QED) is 0.784. The van der Waals surface area contributed by atoms with Gasteiger partial charge in [-0.25, -0.2) is 0 Å². The topological polar surface area (TPSA) is 45.5 Å². The summed E-state index contributed by atoms with van der Waals surface area (Å²) in [7, 11) is 0. The predicted molar refractivity (Wildman–Crippen MR) is 103 cm³/mol. The van der Waals surface area contributed by atoms with Crippen LogP contribution < -0.4 is 0 Å². The van der Waals surface area contributed by atoms with Crippen LogP contribution >= 0.6 is 0 Å². The minimum absolute atomic E-state index is 0.101. The fourth-order valence-corrected chi connectivity index (χ4v) is 3.82. The van der Waals surface area contributed by atoms with Gasteiger partial charge in [0.15, 0.2) is 0 Å². The van der Waals surface area contributed by atoms with Crippen LogP contribution in [0.25, 0.3) is 10.9 Å². The van der Waals surface area contributed by atoms with Gasteiger partial charge >= 0.3 is 0 Å². The first kappa shape index (κ1) is 16.9. The molecule has 4 heteroatoms. The smallest absolute Gasteiger partial charge is 0.256 e. The number of fused-ring (bicyclic) bond motifs is 1. The van der Waals surface area contributed by atoms with Gasteiger partial charge in [0, 0.05) is 43.3 Å². The van der Waals surface area contributed by atoms with Crippen molar-refractivity contribution in [1.82, 2.24) is 9.47 Å². The number of carbonyl (C=O) groups excluding carboxylic acids is 1. The van der Waals surface area contributed by atoms with Gasteiger partial charge in [-0.3, -0.25) is 4.79 Å². The molecular weight excluding hydrogens is 324 g/mol. The van der Waals surface area contributed by atoms with Crippen molar-refractivity contribution in [2.24, 2.45) is 5.92 Å². The molecule has 1 fully saturated rings. The molecule has 0 atom stereocenters. The summed E-state index contributed by atoms with van der Waals surface area (Å²) in [5.74, 6) is 0.433. The molecule has 4 nitrogen and oxygen atoms in total. The zero-order valence-corrected chi connectivity index (χ0v) is 14.8. The summed E-state index contributed by atoms with van der Waals surface area (Å²) in [5, 5.41) is 10.3. The molecule has 0 radical (unpaired) electrons. The number of hydrogen-bond donors (Lipinski definition) is 1. The van der Waals surface area contributed by atoms with E-state index in [1.807, 2.05) is 47.5 Å². The second kappa shape index (κ2) is 7.34. The molecule has 0 bridgehead atoms. The number of aliphatic hydroxyl groups excluding tert-OH is 1. The zero-order chi connectivity index (χ0) is 17.9. The number of aliphatic hydroxyl groups is 1. The molecule has 4 rings (SSSR count). The van der Waals surface area contributed by atoms with Crippen LogP contribution in [0.2, 0.25) is 0 Å². The Labute approximate surface area is 153 Å². The highest BCUT2D eigenvalue weighted by atomic mass is 16.3. The minimum atomic E-state index is 0.101. The minimum Gasteiger partial charge on any atom is -0.396 e. The third-order valence-electron chi connectivity index (χ3n) is 5.37. The molecule has 0 spiro atoms. The van der Waals surface area contributed by atoms with Crippen LogP contribution in [0.3, 0.4) is 0 Å². The fourth-order valence-electron chi connectivity index (χ4n) is 3.82. The molecule has 26 heavy (non-hydrogen) atoms. The molecule has 0 unspecified atom stereocenters. The standard InChI is InChI=1S/C22H24N2O2/c25-16-18-10-12-23(13-11-18)22(26)20-15-24(14-17-6-2-1-3-7-17)21-9-5-4-8-19(20)21/h1-9,15,18,25H,10-14,16H2. The van der Waals surface area contributed by atoms with Gasteiger partial charge in [-0.15, -0.1) is 0 Å². The number of hydrogen-bond acceptors (Lipinski definition) is 2. The van der Waals surface area contributed by atoms with Crippen LogP contribution in [0, 0.1) is 5.92 Å². The van der Waals surface area contributed by atoms with Gasteiger partial charge in [0.2, 0.25) is 0 Å². The van der Waals surface area contributed by atoms with E-state index in [9.17, 15) is 9.90 Å². The number of aromatic nitrogens is 1. The molecule has 0 saturated carbocycles. The number of rotatable bonds is 4. The highest BCUT2D eigenvalue weighted by Gasteiger charge is 2.25. The Balaban J connectivity index is 1.64. The largest absolute Gasteiger partial charge is 0.396 e. The van der Waals surface area contributed by atoms with Gasteiger partial charge in [0.1, 0.15) is 0 Å². The van der Waals surface area contributed by atoms with Crippen molar-refractivity contribution in [3.05, 3.63) is 71.9 Å². The lowest BCUT2D eigenvalue weighted by atomic mass is 9.97. The lowest BCUT2D eigenvalue weighted by molar-refractivity contribution is 0.0652. The molecule has 1 aliphatic rings. The number of benzene rings is 2. The Kier molecular flexibility index (Phi) is 4.76. The number of likely N-dealkylation sites (tertiary alicyclic amines) is 1. The van der Waals surface area contributed by atoms with E-state index in [4.69, 9.17) is 0 Å². The van der Waals surface area contributed by atoms with E-state index in [-0.39, 0.29) is 12.5 Å². The Morgan fingerprint density at radius 1 is 1.00 bits per heavy atom. The summed E-state index contributed by atoms with van der Waals surface area (Å²) in [6.07, 6.45) is 3.76. The summed E-state index contributed by atoms with van der Waals surface area (Å²) in [6.45, 7) is 2.42. The fraction of sp³-hybridized carbons (Fsp3) is 0.318. The summed E-state index contributed by atoms with van der Waals surface area (Å²) in [5.41, 5.74) is 3.08. The van der Waals surface area contributed by atoms with E-state index >= 15 is 0 Å². The summed E-state index contributed by atoms with van der Waals surface area (Å²) >= 11 is 0. The van der Waals surface area contributed by atoms with Gasteiger partial charge in [-0.1, -0.05) is 48.5 Å². The lowest BCUT2D eigenvalue weighted by Crippen LogP contribution is -2.39. The number of para-hydroxylation sites is 1. The number of carbonyl (C=O) groups is 1. The average molecular weight is 348 g/mol. The Morgan fingerprint density at radius 2 is 1.69 bits per heavy atom. The lowest BCUT2D eigenvalue weighted by Gasteiger charge is -2.31. The van der Waals surface area contributed by atoms with Crippen molar-refractivity contribution in [1.29, 1.82) is 0 Å². The highest BCUT2D eigenvalue weighted by molar-refractivity contribution is 6.07. The SMILES string of the molecule is O=C(c1cn(Cc2ccccc2)c2ccccc12)N1CCC(CO)CC1. The van der Waals surface area contributed by atoms with Crippen LogP contribution in [0.1, 0.15) is 28.8 Å². The van der Waals surface area contributed by atoms with Crippen LogP contribution in [0.15, 0.2) is 60.8 Å². The van der Waals surface area contributed by atoms with Gasteiger partial charge in [0.25, 0.3) is 5.91 Å². The number of piperidine rings is 1. The van der Waals surface area contributed by atoms with Gasteiger partial charge in [-0.05, 0) is 30.4 Å². The van der Waals surface area contributed by atoms with E-state index in [1.165, 1.54) is 5.56 Å². The van der Waals surface area contributed by atoms with Gasteiger partial charge < -0.3 is 14.6 Å². The predicted octanol–water partition coefficient (Wildman–Crippen LogP) is 3.53. The van der Waals surface area contributed by atoms with Crippen LogP contribution in [0.5, 0.6) is 0 Å². The molecule has 2 heterocycles. The Bertz CT molecular complexity index is 893. The van der Waals surface area contributed by atoms with Gasteiger partial charge in [0.05, 0.1) is 5.56 Å². The third kappa shape index (κ3) is 3.25. The first-order valence-electron chi connectivity index (χ1n) is 9.28. The van der Waals surface area contributed by atoms with Crippen LogP contribution in [0.4, 0.5) is 0 Å². The Morgan fingerprint density at radius 3 is 2.42 bits per heavy atom. The maximum absolute atomic E-state index is 13.1. The van der Waals surface area contributed by atoms with E-state index in [1.54, 1.807) is 0 Å².